The number of aryl methyl sites for hydroxylation is 1. The molecule has 38 heavy (non-hydrogen) atoms. The Hall–Kier alpha value is -4.42. The van der Waals surface area contributed by atoms with E-state index in [1.54, 1.807) is 6.92 Å². The Morgan fingerprint density at radius 2 is 1.32 bits per heavy atom. The molecule has 3 aromatic rings. The molecule has 0 spiro atoms. The van der Waals surface area contributed by atoms with Crippen LogP contribution in [0.15, 0.2) is 29.1 Å². The van der Waals surface area contributed by atoms with Gasteiger partial charge < -0.3 is 19.3 Å². The molecule has 0 saturated heterocycles. The van der Waals surface area contributed by atoms with Gasteiger partial charge in [-0.1, -0.05) is 0 Å². The molecule has 13 heteroatoms. The number of Topliss-reactive ketones (excluding diaryl/α,β-unsaturated/α-hetero) is 1. The topological polar surface area (TPSA) is 128 Å². The van der Waals surface area contributed by atoms with Gasteiger partial charge in [-0.05, 0) is 13.8 Å². The molecule has 0 atom stereocenters. The predicted molar refractivity (Wildman–Crippen MR) is 127 cm³/mol. The van der Waals surface area contributed by atoms with E-state index in [0.29, 0.717) is 11.3 Å². The van der Waals surface area contributed by atoms with Crippen molar-refractivity contribution in [1.29, 1.82) is 0 Å². The molecule has 0 unspecified atom stereocenters. The van der Waals surface area contributed by atoms with E-state index in [0.717, 1.165) is 24.3 Å². The summed E-state index contributed by atoms with van der Waals surface area (Å²) in [5.74, 6) is -3.78. The zero-order chi connectivity index (χ0) is 29.0. The summed E-state index contributed by atoms with van der Waals surface area (Å²) in [7, 11) is 3.87. The number of H-pyrrole nitrogens is 2. The fraction of sp³-hybridized carbons (Fsp3) is 0.280. The number of carbonyl (C=O) groups is 3. The number of nitrogens with one attached hydrogen (secondary N) is 2. The van der Waals surface area contributed by atoms with E-state index in [2.05, 4.69) is 19.7 Å². The molecule has 0 aliphatic rings. The van der Waals surface area contributed by atoms with Crippen LogP contribution in [0.5, 0.6) is 11.5 Å². The summed E-state index contributed by atoms with van der Waals surface area (Å²) in [4.78, 5) is 41.9. The van der Waals surface area contributed by atoms with E-state index in [4.69, 9.17) is 4.74 Å². The number of hydrogen-bond donors (Lipinski definition) is 2. The third-order valence-electron chi connectivity index (χ3n) is 4.82. The number of hydrogen-bond acceptors (Lipinski definition) is 7. The van der Waals surface area contributed by atoms with Crippen LogP contribution in [0, 0.1) is 30.2 Å². The van der Waals surface area contributed by atoms with E-state index in [1.165, 1.54) is 28.3 Å². The molecule has 3 rings (SSSR count). The Kier molecular flexibility index (Phi) is 12.5. The Balaban J connectivity index is 0.000000313. The fourth-order valence-electron chi connectivity index (χ4n) is 2.79. The first kappa shape index (κ1) is 31.6. The van der Waals surface area contributed by atoms with Crippen LogP contribution in [0.25, 0.3) is 0 Å². The number of rotatable bonds is 7. The average molecular weight is 542 g/mol. The minimum Gasteiger partial charge on any atom is -0.497 e. The lowest BCUT2D eigenvalue weighted by molar-refractivity contribution is -0.142. The van der Waals surface area contributed by atoms with Gasteiger partial charge in [-0.15, -0.1) is 0 Å². The Labute approximate surface area is 214 Å². The van der Waals surface area contributed by atoms with E-state index < -0.39 is 34.8 Å². The molecular weight excluding hydrogens is 516 g/mol. The van der Waals surface area contributed by atoms with E-state index in [9.17, 15) is 36.7 Å². The number of ketones is 1. The van der Waals surface area contributed by atoms with E-state index >= 15 is 0 Å². The summed E-state index contributed by atoms with van der Waals surface area (Å²) in [5, 5.41) is 4.98. The lowest BCUT2D eigenvalue weighted by Gasteiger charge is -2.06. The van der Waals surface area contributed by atoms with Crippen LogP contribution in [0.4, 0.5) is 17.6 Å². The third kappa shape index (κ3) is 9.22. The Morgan fingerprint density at radius 1 is 0.842 bits per heavy atom. The van der Waals surface area contributed by atoms with Crippen molar-refractivity contribution in [1.82, 2.24) is 10.2 Å². The molecular formula is C25H26F4N2O7. The zero-order valence-corrected chi connectivity index (χ0v) is 21.2. The van der Waals surface area contributed by atoms with E-state index in [1.807, 2.05) is 0 Å². The molecule has 0 fully saturated rings. The molecule has 0 aliphatic carbocycles. The second-order valence-corrected chi connectivity index (χ2v) is 7.51. The monoisotopic (exact) mass is 542 g/mol. The summed E-state index contributed by atoms with van der Waals surface area (Å²) in [6.45, 7) is 3.00. The summed E-state index contributed by atoms with van der Waals surface area (Å²) in [6, 6.07) is 4.09. The van der Waals surface area contributed by atoms with Crippen molar-refractivity contribution >= 4 is 18.0 Å². The summed E-state index contributed by atoms with van der Waals surface area (Å²) >= 11 is 0. The van der Waals surface area contributed by atoms with Gasteiger partial charge in [0.2, 0.25) is 0 Å². The van der Waals surface area contributed by atoms with Gasteiger partial charge in [-0.3, -0.25) is 24.3 Å². The molecule has 0 radical (unpaired) electrons. The van der Waals surface area contributed by atoms with Gasteiger partial charge in [-0.2, -0.15) is 0 Å². The van der Waals surface area contributed by atoms with Crippen LogP contribution >= 0.6 is 0 Å². The SMILES string of the molecule is COC(=O)CC(C)=O.COc1cc(F)c(C=O)c(F)c1.COc1cc(F)c(Cc2c(C)[nH][nH]c2=O)c(F)c1. The molecule has 0 amide bonds. The van der Waals surface area contributed by atoms with Crippen LogP contribution < -0.4 is 15.0 Å². The number of ether oxygens (including phenoxy) is 3. The Morgan fingerprint density at radius 3 is 1.63 bits per heavy atom. The standard InChI is InChI=1S/C12H12F2N2O2.C8H6F2O2.C5H8O3/c1-6-8(12(17)16-15-6)5-9-10(13)3-7(18-2)4-11(9)14;1-12-5-2-7(9)6(4-11)8(10)3-5;1-4(6)3-5(7)8-2/h3-4H,5H2,1-2H3,(H2,15,16,17);2-4H,1H3;3H2,1-2H3. The number of benzene rings is 2. The largest absolute Gasteiger partial charge is 0.497 e. The first-order valence-corrected chi connectivity index (χ1v) is 10.7. The van der Waals surface area contributed by atoms with Gasteiger partial charge in [0.1, 0.15) is 47.0 Å². The minimum atomic E-state index is -0.915. The van der Waals surface area contributed by atoms with Gasteiger partial charge in [0.05, 0.1) is 26.9 Å². The highest BCUT2D eigenvalue weighted by Gasteiger charge is 2.16. The maximum absolute atomic E-state index is 13.7. The first-order chi connectivity index (χ1) is 17.9. The number of aromatic nitrogens is 2. The molecule has 206 valence electrons. The quantitative estimate of drug-likeness (QED) is 0.201. The van der Waals surface area contributed by atoms with Crippen molar-refractivity contribution in [2.24, 2.45) is 0 Å². The van der Waals surface area contributed by atoms with Crippen molar-refractivity contribution in [3.63, 3.8) is 0 Å². The highest BCUT2D eigenvalue weighted by Crippen LogP contribution is 2.22. The minimum absolute atomic E-state index is 0.0515. The van der Waals surface area contributed by atoms with Crippen molar-refractivity contribution < 1.29 is 46.2 Å². The number of carbonyl (C=O) groups excluding carboxylic acids is 3. The maximum Gasteiger partial charge on any atom is 0.313 e. The third-order valence-corrected chi connectivity index (χ3v) is 4.82. The number of halogens is 4. The second-order valence-electron chi connectivity index (χ2n) is 7.51. The summed E-state index contributed by atoms with van der Waals surface area (Å²) in [5.41, 5.74) is -0.213. The van der Waals surface area contributed by atoms with E-state index in [-0.39, 0.29) is 47.5 Å². The average Bonchev–Trinajstić information content (AvgIpc) is 3.18. The molecule has 2 aromatic carbocycles. The fourth-order valence-corrected chi connectivity index (χ4v) is 2.79. The van der Waals surface area contributed by atoms with Crippen molar-refractivity contribution in [2.45, 2.75) is 26.7 Å². The number of aromatic amines is 2. The molecule has 0 saturated carbocycles. The van der Waals surface area contributed by atoms with Crippen LogP contribution in [0.3, 0.4) is 0 Å². The van der Waals surface area contributed by atoms with Gasteiger partial charge in [0.15, 0.2) is 6.29 Å². The number of aldehydes is 1. The second kappa shape index (κ2) is 15.0. The molecule has 9 nitrogen and oxygen atoms in total. The molecule has 1 heterocycles. The van der Waals surface area contributed by atoms with Gasteiger partial charge >= 0.3 is 5.97 Å². The van der Waals surface area contributed by atoms with Crippen molar-refractivity contribution in [2.75, 3.05) is 21.3 Å². The van der Waals surface area contributed by atoms with Crippen LogP contribution in [-0.4, -0.2) is 49.6 Å². The van der Waals surface area contributed by atoms with Gasteiger partial charge in [-0.25, -0.2) is 17.6 Å². The van der Waals surface area contributed by atoms with Crippen LogP contribution in [0.1, 0.15) is 40.5 Å². The highest BCUT2D eigenvalue weighted by atomic mass is 19.1. The van der Waals surface area contributed by atoms with Crippen molar-refractivity contribution in [3.05, 3.63) is 80.3 Å². The van der Waals surface area contributed by atoms with Gasteiger partial charge in [0, 0.05) is 47.5 Å². The Bertz CT molecular complexity index is 1290. The smallest absolute Gasteiger partial charge is 0.313 e. The summed E-state index contributed by atoms with van der Waals surface area (Å²) in [6.07, 6.45) is -0.0903. The lowest BCUT2D eigenvalue weighted by Crippen LogP contribution is -2.09. The first-order valence-electron chi connectivity index (χ1n) is 10.7. The van der Waals surface area contributed by atoms with Gasteiger partial charge in [0.25, 0.3) is 5.56 Å². The molecule has 1 aromatic heterocycles. The predicted octanol–water partition coefficient (Wildman–Crippen LogP) is 3.81. The number of methoxy groups -OCH3 is 3. The normalized spacial score (nSPS) is 9.82. The van der Waals surface area contributed by atoms with Crippen molar-refractivity contribution in [3.8, 4) is 11.5 Å². The lowest BCUT2D eigenvalue weighted by atomic mass is 10.0. The maximum atomic E-state index is 13.7. The number of esters is 1. The molecule has 0 aliphatic heterocycles. The van der Waals surface area contributed by atoms with Crippen LogP contribution in [-0.2, 0) is 20.7 Å². The molecule has 2 N–H and O–H groups in total. The summed E-state index contributed by atoms with van der Waals surface area (Å²) < 4.78 is 66.5. The zero-order valence-electron chi connectivity index (χ0n) is 21.2. The van der Waals surface area contributed by atoms with Crippen LogP contribution in [0.2, 0.25) is 0 Å². The highest BCUT2D eigenvalue weighted by molar-refractivity contribution is 5.93. The molecule has 0 bridgehead atoms.